The minimum absolute atomic E-state index is 0.112. The Morgan fingerprint density at radius 2 is 1.95 bits per heavy atom. The van der Waals surface area contributed by atoms with E-state index in [1.54, 1.807) is 6.08 Å². The molecule has 1 saturated heterocycles. The Balaban J connectivity index is 1.71. The molecule has 0 aromatic rings. The fraction of sp³-hybridized carbons (Fsp3) is 0.692. The normalized spacial score (nSPS) is 24.5. The summed E-state index contributed by atoms with van der Waals surface area (Å²) >= 11 is 0. The van der Waals surface area contributed by atoms with Crippen LogP contribution in [-0.4, -0.2) is 17.3 Å². The Morgan fingerprint density at radius 3 is 2.50 bits per heavy atom. The molecule has 2 aliphatic rings. The predicted octanol–water partition coefficient (Wildman–Crippen LogP) is 4.46. The van der Waals surface area contributed by atoms with Crippen LogP contribution in [0.15, 0.2) is 23.3 Å². The summed E-state index contributed by atoms with van der Waals surface area (Å²) in [6, 6.07) is 0. The second-order valence-electron chi connectivity index (χ2n) is 5.76. The molecule has 22 heavy (non-hydrogen) atoms. The molecule has 0 aromatic carbocycles. The monoisotopic (exact) mass is 352 g/mol. The zero-order valence-corrected chi connectivity index (χ0v) is 14.8. The van der Waals surface area contributed by atoms with Gasteiger partial charge in [0.05, 0.1) is 6.61 Å². The number of rotatable bonds is 8. The van der Waals surface area contributed by atoms with Gasteiger partial charge in [-0.2, -0.15) is 4.31 Å². The van der Waals surface area contributed by atoms with E-state index in [-0.39, 0.29) is 6.61 Å². The summed E-state index contributed by atoms with van der Waals surface area (Å²) in [4.78, 5) is 9.51. The second kappa shape index (κ2) is 6.70. The van der Waals surface area contributed by atoms with Gasteiger partial charge in [-0.3, -0.25) is 13.6 Å². The quantitative estimate of drug-likeness (QED) is 0.509. The highest BCUT2D eigenvalue weighted by molar-refractivity contribution is 7.62. The molecule has 1 atom stereocenters. The van der Waals surface area contributed by atoms with Gasteiger partial charge in [0, 0.05) is 12.8 Å². The van der Waals surface area contributed by atoms with E-state index in [4.69, 9.17) is 13.6 Å². The topological polar surface area (TPSA) is 91.3 Å². The minimum atomic E-state index is -4.48. The van der Waals surface area contributed by atoms with Crippen molar-refractivity contribution in [3.8, 4) is 0 Å². The van der Waals surface area contributed by atoms with Gasteiger partial charge in [-0.25, -0.2) is 9.13 Å². The summed E-state index contributed by atoms with van der Waals surface area (Å²) in [5, 5.41) is 0. The van der Waals surface area contributed by atoms with Crippen LogP contribution in [0.25, 0.3) is 0 Å². The average Bonchev–Trinajstić information content (AvgIpc) is 3.06. The molecule has 1 saturated carbocycles. The van der Waals surface area contributed by atoms with Crippen LogP contribution in [-0.2, 0) is 27.0 Å². The van der Waals surface area contributed by atoms with Crippen molar-refractivity contribution in [1.29, 1.82) is 0 Å². The fourth-order valence-electron chi connectivity index (χ4n) is 1.85. The molecule has 126 valence electrons. The van der Waals surface area contributed by atoms with Crippen molar-refractivity contribution < 1.29 is 31.9 Å². The van der Waals surface area contributed by atoms with Crippen molar-refractivity contribution in [2.75, 3.05) is 6.61 Å². The Kier molecular flexibility index (Phi) is 5.50. The van der Waals surface area contributed by atoms with Crippen molar-refractivity contribution in [1.82, 2.24) is 0 Å². The van der Waals surface area contributed by atoms with Crippen molar-refractivity contribution in [3.05, 3.63) is 23.3 Å². The molecule has 0 bridgehead atoms. The van der Waals surface area contributed by atoms with Crippen LogP contribution in [0.5, 0.6) is 0 Å². The molecule has 0 radical (unpaired) electrons. The molecule has 2 rings (SSSR count). The van der Waals surface area contributed by atoms with Crippen LogP contribution in [0.3, 0.4) is 0 Å². The molecule has 1 heterocycles. The van der Waals surface area contributed by atoms with Gasteiger partial charge >= 0.3 is 15.6 Å². The molecule has 0 amide bonds. The number of hydrogen-bond donors (Lipinski definition) is 1. The van der Waals surface area contributed by atoms with E-state index in [0.29, 0.717) is 12.8 Å². The van der Waals surface area contributed by atoms with Crippen LogP contribution in [0.4, 0.5) is 0 Å². The average molecular weight is 352 g/mol. The van der Waals surface area contributed by atoms with E-state index < -0.39 is 21.4 Å². The van der Waals surface area contributed by atoms with Crippen LogP contribution < -0.4 is 0 Å². The SMILES string of the molecule is CC(C)=CCCC(C)=CCOP(=O)(O)OP1(=O)OC2(CC2)O1. The van der Waals surface area contributed by atoms with Gasteiger partial charge in [-0.1, -0.05) is 23.3 Å². The first kappa shape index (κ1) is 18.1. The Hall–Kier alpha value is -0.260. The van der Waals surface area contributed by atoms with Gasteiger partial charge in [0.25, 0.3) is 0 Å². The zero-order chi connectivity index (χ0) is 16.4. The lowest BCUT2D eigenvalue weighted by atomic mass is 10.1. The third kappa shape index (κ3) is 5.43. The first-order chi connectivity index (χ1) is 10.1. The Morgan fingerprint density at radius 1 is 1.32 bits per heavy atom. The largest absolute Gasteiger partial charge is 0.488 e. The van der Waals surface area contributed by atoms with Crippen molar-refractivity contribution in [2.45, 2.75) is 52.2 Å². The van der Waals surface area contributed by atoms with Gasteiger partial charge < -0.3 is 4.89 Å². The molecule has 1 N–H and O–H groups in total. The van der Waals surface area contributed by atoms with Crippen LogP contribution in [0.2, 0.25) is 0 Å². The molecule has 1 aliphatic carbocycles. The van der Waals surface area contributed by atoms with Gasteiger partial charge in [-0.15, -0.1) is 0 Å². The molecule has 7 nitrogen and oxygen atoms in total. The van der Waals surface area contributed by atoms with Crippen molar-refractivity contribution in [3.63, 3.8) is 0 Å². The summed E-state index contributed by atoms with van der Waals surface area (Å²) in [5.41, 5.74) is 2.27. The molecule has 2 fully saturated rings. The van der Waals surface area contributed by atoms with E-state index in [1.807, 2.05) is 20.8 Å². The van der Waals surface area contributed by atoms with Gasteiger partial charge in [0.15, 0.2) is 5.79 Å². The summed E-state index contributed by atoms with van der Waals surface area (Å²) in [6.45, 7) is 5.85. The fourth-order valence-corrected chi connectivity index (χ4v) is 4.77. The summed E-state index contributed by atoms with van der Waals surface area (Å²) in [5.74, 6) is -0.836. The zero-order valence-electron chi connectivity index (χ0n) is 13.0. The van der Waals surface area contributed by atoms with Gasteiger partial charge in [0.1, 0.15) is 0 Å². The van der Waals surface area contributed by atoms with E-state index >= 15 is 0 Å². The van der Waals surface area contributed by atoms with Crippen LogP contribution in [0, 0.1) is 0 Å². The van der Waals surface area contributed by atoms with Crippen LogP contribution in [0.1, 0.15) is 46.5 Å². The minimum Gasteiger partial charge on any atom is -0.302 e. The molecule has 1 aliphatic heterocycles. The lowest BCUT2D eigenvalue weighted by molar-refractivity contribution is -0.140. The van der Waals surface area contributed by atoms with Crippen molar-refractivity contribution in [2.24, 2.45) is 0 Å². The maximum Gasteiger partial charge on any atom is 0.488 e. The summed E-state index contributed by atoms with van der Waals surface area (Å²) < 4.78 is 42.5. The first-order valence-electron chi connectivity index (χ1n) is 7.13. The maximum absolute atomic E-state index is 11.7. The molecule has 1 unspecified atom stereocenters. The molecule has 9 heteroatoms. The number of phosphoric acid groups is 2. The lowest BCUT2D eigenvalue weighted by Gasteiger charge is -2.34. The van der Waals surface area contributed by atoms with E-state index in [1.165, 1.54) is 5.57 Å². The Labute approximate surface area is 130 Å². The van der Waals surface area contributed by atoms with Gasteiger partial charge in [-0.05, 0) is 33.6 Å². The standard InChI is InChI=1S/C13H22O7P2/c1-11(2)5-4-6-12(3)7-10-17-21(14,15)20-22(16)18-13(19-22)8-9-13/h5,7H,4,6,8-10H2,1-3H3,(H,14,15). The van der Waals surface area contributed by atoms with Gasteiger partial charge in [0.2, 0.25) is 0 Å². The smallest absolute Gasteiger partial charge is 0.302 e. The highest BCUT2D eigenvalue weighted by atomic mass is 31.3. The Bertz CT molecular complexity index is 561. The van der Waals surface area contributed by atoms with Crippen LogP contribution >= 0.6 is 15.6 Å². The maximum atomic E-state index is 11.7. The molecular weight excluding hydrogens is 330 g/mol. The second-order valence-corrected chi connectivity index (χ2v) is 8.87. The highest BCUT2D eigenvalue weighted by Crippen LogP contribution is 2.77. The molecule has 0 aromatic heterocycles. The van der Waals surface area contributed by atoms with E-state index in [9.17, 15) is 14.0 Å². The lowest BCUT2D eigenvalue weighted by Crippen LogP contribution is -2.28. The number of phosphoric ester groups is 2. The number of allylic oxidation sites excluding steroid dienone is 3. The summed E-state index contributed by atoms with van der Waals surface area (Å²) in [7, 11) is -8.41. The third-order valence-electron chi connectivity index (χ3n) is 3.18. The van der Waals surface area contributed by atoms with E-state index in [2.05, 4.69) is 10.4 Å². The molecular formula is C13H22O7P2. The third-order valence-corrected chi connectivity index (χ3v) is 6.39. The number of hydrogen-bond acceptors (Lipinski definition) is 6. The summed E-state index contributed by atoms with van der Waals surface area (Å²) in [6.07, 6.45) is 6.76. The predicted molar refractivity (Wildman–Crippen MR) is 81.0 cm³/mol. The first-order valence-corrected chi connectivity index (χ1v) is 10.1. The molecule has 1 spiro atoms. The van der Waals surface area contributed by atoms with E-state index in [0.717, 1.165) is 18.4 Å². The van der Waals surface area contributed by atoms with Crippen molar-refractivity contribution >= 4 is 15.6 Å². The highest BCUT2D eigenvalue weighted by Gasteiger charge is 2.67.